The van der Waals surface area contributed by atoms with Gasteiger partial charge in [0.15, 0.2) is 0 Å². The summed E-state index contributed by atoms with van der Waals surface area (Å²) in [6.07, 6.45) is 18.0. The van der Waals surface area contributed by atoms with Gasteiger partial charge in [0.1, 0.15) is 5.75 Å². The fourth-order valence-corrected chi connectivity index (χ4v) is 6.47. The van der Waals surface area contributed by atoms with Crippen LogP contribution in [0.1, 0.15) is 90.0 Å². The van der Waals surface area contributed by atoms with Gasteiger partial charge in [0.2, 0.25) is 0 Å². The molecular weight excluding hydrogens is 442 g/mol. The van der Waals surface area contributed by atoms with Gasteiger partial charge in [0.05, 0.1) is 12.1 Å². The zero-order valence-electron chi connectivity index (χ0n) is 23.1. The Morgan fingerprint density at radius 1 is 1.03 bits per heavy atom. The van der Waals surface area contributed by atoms with Gasteiger partial charge in [0.25, 0.3) is 0 Å². The molecule has 0 amide bonds. The normalized spacial score (nSPS) is 23.2. The first kappa shape index (κ1) is 27.4. The minimum absolute atomic E-state index is 0.627. The number of hydrogen-bond donors (Lipinski definition) is 1. The van der Waals surface area contributed by atoms with Gasteiger partial charge in [-0.1, -0.05) is 46.0 Å². The predicted molar refractivity (Wildman–Crippen MR) is 153 cm³/mol. The summed E-state index contributed by atoms with van der Waals surface area (Å²) in [6, 6.07) is 8.70. The highest BCUT2D eigenvalue weighted by Gasteiger charge is 2.27. The van der Waals surface area contributed by atoms with Crippen LogP contribution in [0.2, 0.25) is 0 Å². The van der Waals surface area contributed by atoms with Crippen LogP contribution in [0.25, 0.3) is 10.9 Å². The summed E-state index contributed by atoms with van der Waals surface area (Å²) in [5.41, 5.74) is 2.53. The number of benzene rings is 1. The van der Waals surface area contributed by atoms with Crippen LogP contribution in [-0.4, -0.2) is 49.2 Å². The van der Waals surface area contributed by atoms with Crippen LogP contribution in [0, 0.1) is 17.8 Å². The number of aromatic nitrogens is 1. The Morgan fingerprint density at radius 2 is 1.94 bits per heavy atom. The summed E-state index contributed by atoms with van der Waals surface area (Å²) >= 11 is 0. The van der Waals surface area contributed by atoms with Gasteiger partial charge in [-0.3, -0.25) is 4.98 Å². The van der Waals surface area contributed by atoms with Crippen molar-refractivity contribution in [3.8, 4) is 5.75 Å². The van der Waals surface area contributed by atoms with Crippen molar-refractivity contribution in [3.63, 3.8) is 0 Å². The number of aryl methyl sites for hydroxylation is 1. The number of ether oxygens (including phenoxy) is 1. The number of nitrogens with zero attached hydrogens (tertiary/aromatic N) is 2. The van der Waals surface area contributed by atoms with Gasteiger partial charge in [0, 0.05) is 30.6 Å². The molecule has 2 saturated heterocycles. The van der Waals surface area contributed by atoms with Crippen LogP contribution in [0.5, 0.6) is 5.75 Å². The van der Waals surface area contributed by atoms with Gasteiger partial charge in [-0.25, -0.2) is 0 Å². The van der Waals surface area contributed by atoms with Crippen LogP contribution in [-0.2, 0) is 6.42 Å². The van der Waals surface area contributed by atoms with Crippen molar-refractivity contribution in [2.45, 2.75) is 90.9 Å². The lowest BCUT2D eigenvalue weighted by atomic mass is 9.80. The Bertz CT molecular complexity index is 894. The van der Waals surface area contributed by atoms with E-state index in [4.69, 9.17) is 4.74 Å². The highest BCUT2D eigenvalue weighted by Crippen LogP contribution is 2.31. The molecule has 2 aromatic rings. The molecule has 4 heteroatoms. The maximum Gasteiger partial charge on any atom is 0.120 e. The molecule has 1 aromatic carbocycles. The van der Waals surface area contributed by atoms with E-state index in [1.807, 2.05) is 6.20 Å². The lowest BCUT2D eigenvalue weighted by Gasteiger charge is -2.38. The quantitative estimate of drug-likeness (QED) is 0.281. The summed E-state index contributed by atoms with van der Waals surface area (Å²) in [5.74, 6) is 3.39. The topological polar surface area (TPSA) is 37.4 Å². The molecule has 36 heavy (non-hydrogen) atoms. The van der Waals surface area contributed by atoms with Gasteiger partial charge in [-0.2, -0.15) is 0 Å². The molecule has 0 bridgehead atoms. The molecule has 0 aliphatic carbocycles. The molecule has 200 valence electrons. The van der Waals surface area contributed by atoms with E-state index in [1.54, 1.807) is 0 Å². The fourth-order valence-electron chi connectivity index (χ4n) is 6.47. The number of piperidine rings is 2. The maximum absolute atomic E-state index is 6.22. The highest BCUT2D eigenvalue weighted by molar-refractivity contribution is 5.83. The van der Waals surface area contributed by atoms with Crippen LogP contribution >= 0.6 is 0 Å². The van der Waals surface area contributed by atoms with E-state index in [0.717, 1.165) is 49.2 Å². The van der Waals surface area contributed by atoms with E-state index < -0.39 is 0 Å². The summed E-state index contributed by atoms with van der Waals surface area (Å²) in [4.78, 5) is 7.40. The third-order valence-electron chi connectivity index (χ3n) is 8.79. The third-order valence-corrected chi connectivity index (χ3v) is 8.79. The minimum atomic E-state index is 0.627. The van der Waals surface area contributed by atoms with Crippen LogP contribution in [0.4, 0.5) is 0 Å². The average molecular weight is 494 g/mol. The summed E-state index contributed by atoms with van der Waals surface area (Å²) in [5, 5.41) is 4.77. The first-order valence-corrected chi connectivity index (χ1v) is 15.2. The van der Waals surface area contributed by atoms with Crippen molar-refractivity contribution in [2.75, 3.05) is 39.3 Å². The second-order valence-corrected chi connectivity index (χ2v) is 11.5. The number of unbranched alkanes of at least 4 members (excludes halogenated alkanes) is 4. The largest absolute Gasteiger partial charge is 0.493 e. The van der Waals surface area contributed by atoms with Crippen molar-refractivity contribution in [1.82, 2.24) is 15.2 Å². The van der Waals surface area contributed by atoms with Gasteiger partial charge >= 0.3 is 0 Å². The molecule has 3 heterocycles. The van der Waals surface area contributed by atoms with Gasteiger partial charge in [-0.05, 0) is 106 Å². The summed E-state index contributed by atoms with van der Waals surface area (Å²) in [7, 11) is 0. The second kappa shape index (κ2) is 14.9. The van der Waals surface area contributed by atoms with E-state index in [-0.39, 0.29) is 0 Å². The monoisotopic (exact) mass is 493 g/mol. The molecule has 0 radical (unpaired) electrons. The zero-order valence-corrected chi connectivity index (χ0v) is 23.1. The molecule has 1 N–H and O–H groups in total. The maximum atomic E-state index is 6.22. The number of fused-ring (bicyclic) bond motifs is 1. The van der Waals surface area contributed by atoms with Gasteiger partial charge < -0.3 is 15.0 Å². The number of likely N-dealkylation sites (tertiary alicyclic amines) is 1. The molecule has 4 nitrogen and oxygen atoms in total. The molecule has 1 unspecified atom stereocenters. The molecule has 1 aromatic heterocycles. The Morgan fingerprint density at radius 3 is 2.78 bits per heavy atom. The molecule has 2 aliphatic heterocycles. The van der Waals surface area contributed by atoms with E-state index >= 15 is 0 Å². The number of rotatable bonds is 14. The Kier molecular flexibility index (Phi) is 11.4. The molecule has 0 spiro atoms. The van der Waals surface area contributed by atoms with Crippen LogP contribution in [0.15, 0.2) is 30.5 Å². The Labute approximate surface area is 220 Å². The summed E-state index contributed by atoms with van der Waals surface area (Å²) < 4.78 is 6.22. The SMILES string of the molecule is CCCCCCCN1CC[C@@H](CCCc2ccnc3ccc(OCC4CCCNC4)cc23)[C@@H](CC)C1. The van der Waals surface area contributed by atoms with E-state index in [2.05, 4.69) is 53.3 Å². The molecule has 2 aliphatic rings. The van der Waals surface area contributed by atoms with Crippen molar-refractivity contribution < 1.29 is 4.74 Å². The number of pyridine rings is 1. The Hall–Kier alpha value is -1.65. The van der Waals surface area contributed by atoms with E-state index in [1.165, 1.54) is 101 Å². The molecule has 3 atom stereocenters. The van der Waals surface area contributed by atoms with Gasteiger partial charge in [-0.15, -0.1) is 0 Å². The fraction of sp³-hybridized carbons (Fsp3) is 0.719. The first-order chi connectivity index (χ1) is 17.8. The second-order valence-electron chi connectivity index (χ2n) is 11.5. The smallest absolute Gasteiger partial charge is 0.120 e. The minimum Gasteiger partial charge on any atom is -0.493 e. The van der Waals surface area contributed by atoms with Crippen LogP contribution in [0.3, 0.4) is 0 Å². The third kappa shape index (κ3) is 8.18. The Balaban J connectivity index is 1.26. The number of hydrogen-bond acceptors (Lipinski definition) is 4. The molecule has 0 saturated carbocycles. The lowest BCUT2D eigenvalue weighted by molar-refractivity contribution is 0.108. The lowest BCUT2D eigenvalue weighted by Crippen LogP contribution is -2.40. The van der Waals surface area contributed by atoms with Crippen molar-refractivity contribution in [1.29, 1.82) is 0 Å². The molecule has 2 fully saturated rings. The average Bonchev–Trinajstić information content (AvgIpc) is 2.93. The van der Waals surface area contributed by atoms with E-state index in [0.29, 0.717) is 5.92 Å². The van der Waals surface area contributed by atoms with Crippen molar-refractivity contribution >= 4 is 10.9 Å². The number of nitrogens with one attached hydrogen (secondary N) is 1. The molecule has 4 rings (SSSR count). The van der Waals surface area contributed by atoms with Crippen molar-refractivity contribution in [2.24, 2.45) is 17.8 Å². The molecular formula is C32H51N3O. The van der Waals surface area contributed by atoms with E-state index in [9.17, 15) is 0 Å². The standard InChI is InChI=1S/C32H51N3O/c1-3-5-6-7-8-20-35-21-17-28(27(4-2)24-35)12-9-13-29-16-19-34-32-15-14-30(22-31(29)32)36-25-26-11-10-18-33-23-26/h14-16,19,22,26-28,33H,3-13,17-18,20-21,23-25H2,1-2H3/t26?,27-,28+/m0/s1. The zero-order chi connectivity index (χ0) is 25.0. The first-order valence-electron chi connectivity index (χ1n) is 15.2. The summed E-state index contributed by atoms with van der Waals surface area (Å²) in [6.45, 7) is 11.7. The predicted octanol–water partition coefficient (Wildman–Crippen LogP) is 7.25. The highest BCUT2D eigenvalue weighted by atomic mass is 16.5. The van der Waals surface area contributed by atoms with Crippen molar-refractivity contribution in [3.05, 3.63) is 36.0 Å². The van der Waals surface area contributed by atoms with Crippen LogP contribution < -0.4 is 10.1 Å².